The number of aryl methyl sites for hydroxylation is 2. The summed E-state index contributed by atoms with van der Waals surface area (Å²) in [6.07, 6.45) is 0. The number of carbonyl (C=O) groups excluding carboxylic acids is 1. The SMILES string of the molecule is Cc1ccc(NC(=O)c2cc([N+](=O)[O-])cc(C)c2F)cc1. The molecule has 21 heavy (non-hydrogen) atoms. The molecule has 108 valence electrons. The van der Waals surface area contributed by atoms with E-state index in [4.69, 9.17) is 0 Å². The summed E-state index contributed by atoms with van der Waals surface area (Å²) in [6, 6.07) is 8.98. The first-order chi connectivity index (χ1) is 9.88. The summed E-state index contributed by atoms with van der Waals surface area (Å²) in [6.45, 7) is 3.28. The maximum Gasteiger partial charge on any atom is 0.270 e. The smallest absolute Gasteiger partial charge is 0.270 e. The molecule has 0 aliphatic heterocycles. The third kappa shape index (κ3) is 3.22. The highest BCUT2D eigenvalue weighted by atomic mass is 19.1. The molecule has 0 spiro atoms. The summed E-state index contributed by atoms with van der Waals surface area (Å²) in [5.74, 6) is -1.48. The van der Waals surface area contributed by atoms with Crippen molar-refractivity contribution in [2.75, 3.05) is 5.32 Å². The van der Waals surface area contributed by atoms with Gasteiger partial charge in [0.1, 0.15) is 5.82 Å². The minimum absolute atomic E-state index is 0.0539. The van der Waals surface area contributed by atoms with E-state index in [1.807, 2.05) is 6.92 Å². The van der Waals surface area contributed by atoms with Crippen LogP contribution >= 0.6 is 0 Å². The molecule has 0 fully saturated rings. The van der Waals surface area contributed by atoms with E-state index in [1.165, 1.54) is 6.92 Å². The number of nitrogens with one attached hydrogen (secondary N) is 1. The van der Waals surface area contributed by atoms with Crippen LogP contribution < -0.4 is 5.32 Å². The Balaban J connectivity index is 2.34. The summed E-state index contributed by atoms with van der Waals surface area (Å²) < 4.78 is 14.0. The Hall–Kier alpha value is -2.76. The van der Waals surface area contributed by atoms with E-state index in [-0.39, 0.29) is 16.8 Å². The van der Waals surface area contributed by atoms with Gasteiger partial charge in [0.05, 0.1) is 10.5 Å². The van der Waals surface area contributed by atoms with E-state index in [9.17, 15) is 19.3 Å². The minimum atomic E-state index is -0.759. The van der Waals surface area contributed by atoms with E-state index < -0.39 is 16.6 Å². The van der Waals surface area contributed by atoms with Crippen LogP contribution in [-0.2, 0) is 0 Å². The van der Waals surface area contributed by atoms with Gasteiger partial charge in [0.15, 0.2) is 0 Å². The lowest BCUT2D eigenvalue weighted by atomic mass is 10.1. The van der Waals surface area contributed by atoms with Crippen molar-refractivity contribution < 1.29 is 14.1 Å². The zero-order chi connectivity index (χ0) is 15.6. The van der Waals surface area contributed by atoms with Gasteiger partial charge in [0, 0.05) is 17.8 Å². The molecular formula is C15H13FN2O3. The highest BCUT2D eigenvalue weighted by Crippen LogP contribution is 2.22. The number of halogens is 1. The first-order valence-corrected chi connectivity index (χ1v) is 6.21. The van der Waals surface area contributed by atoms with Crippen molar-refractivity contribution >= 4 is 17.3 Å². The average Bonchev–Trinajstić information content (AvgIpc) is 2.43. The summed E-state index contributed by atoms with van der Waals surface area (Å²) in [4.78, 5) is 22.2. The third-order valence-corrected chi connectivity index (χ3v) is 3.00. The maximum absolute atomic E-state index is 14.0. The number of hydrogen-bond donors (Lipinski definition) is 1. The van der Waals surface area contributed by atoms with Gasteiger partial charge in [0.25, 0.3) is 11.6 Å². The lowest BCUT2D eigenvalue weighted by molar-refractivity contribution is -0.385. The van der Waals surface area contributed by atoms with E-state index in [2.05, 4.69) is 5.32 Å². The number of amides is 1. The largest absolute Gasteiger partial charge is 0.322 e. The molecule has 5 nitrogen and oxygen atoms in total. The second-order valence-corrected chi connectivity index (χ2v) is 4.70. The molecule has 2 aromatic rings. The van der Waals surface area contributed by atoms with Gasteiger partial charge in [-0.2, -0.15) is 0 Å². The lowest BCUT2D eigenvalue weighted by Crippen LogP contribution is -2.15. The second kappa shape index (κ2) is 5.70. The fourth-order valence-electron chi connectivity index (χ4n) is 1.86. The van der Waals surface area contributed by atoms with Crippen LogP contribution in [0.2, 0.25) is 0 Å². The Labute approximate surface area is 120 Å². The molecule has 0 unspecified atom stereocenters. The van der Waals surface area contributed by atoms with Crippen molar-refractivity contribution in [1.82, 2.24) is 0 Å². The number of nitro groups is 1. The molecule has 0 saturated heterocycles. The first kappa shape index (κ1) is 14.6. The molecule has 1 N–H and O–H groups in total. The van der Waals surface area contributed by atoms with Crippen LogP contribution in [0.3, 0.4) is 0 Å². The number of carbonyl (C=O) groups is 1. The molecule has 0 radical (unpaired) electrons. The number of anilines is 1. The standard InChI is InChI=1S/C15H13FN2O3/c1-9-3-5-11(6-4-9)17-15(19)13-8-12(18(20)21)7-10(2)14(13)16/h3-8H,1-2H3,(H,17,19). The van der Waals surface area contributed by atoms with Gasteiger partial charge >= 0.3 is 0 Å². The Bertz CT molecular complexity index is 712. The van der Waals surface area contributed by atoms with Crippen LogP contribution in [0.15, 0.2) is 36.4 Å². The van der Waals surface area contributed by atoms with Crippen molar-refractivity contribution in [2.24, 2.45) is 0 Å². The zero-order valence-electron chi connectivity index (χ0n) is 11.5. The van der Waals surface area contributed by atoms with Crippen LogP contribution in [0, 0.1) is 29.8 Å². The Morgan fingerprint density at radius 2 is 1.81 bits per heavy atom. The summed E-state index contributed by atoms with van der Waals surface area (Å²) in [5, 5.41) is 13.3. The molecule has 0 heterocycles. The molecule has 0 aliphatic rings. The summed E-state index contributed by atoms with van der Waals surface area (Å²) >= 11 is 0. The number of benzene rings is 2. The van der Waals surface area contributed by atoms with Crippen LogP contribution in [0.5, 0.6) is 0 Å². The highest BCUT2D eigenvalue weighted by molar-refractivity contribution is 6.05. The van der Waals surface area contributed by atoms with E-state index in [0.29, 0.717) is 5.69 Å². The van der Waals surface area contributed by atoms with Crippen LogP contribution in [0.4, 0.5) is 15.8 Å². The Morgan fingerprint density at radius 3 is 2.38 bits per heavy atom. The van der Waals surface area contributed by atoms with Crippen LogP contribution in [0.1, 0.15) is 21.5 Å². The van der Waals surface area contributed by atoms with Gasteiger partial charge in [-0.15, -0.1) is 0 Å². The topological polar surface area (TPSA) is 72.2 Å². The minimum Gasteiger partial charge on any atom is -0.322 e. The molecule has 0 aliphatic carbocycles. The van der Waals surface area contributed by atoms with Gasteiger partial charge in [-0.25, -0.2) is 4.39 Å². The first-order valence-electron chi connectivity index (χ1n) is 6.21. The van der Waals surface area contributed by atoms with Crippen molar-refractivity contribution in [2.45, 2.75) is 13.8 Å². The molecule has 2 aromatic carbocycles. The summed E-state index contributed by atoms with van der Waals surface area (Å²) in [7, 11) is 0. The molecule has 0 atom stereocenters. The van der Waals surface area contributed by atoms with Crippen LogP contribution in [-0.4, -0.2) is 10.8 Å². The predicted molar refractivity (Wildman–Crippen MR) is 76.9 cm³/mol. The van der Waals surface area contributed by atoms with Crippen molar-refractivity contribution in [3.63, 3.8) is 0 Å². The van der Waals surface area contributed by atoms with Crippen molar-refractivity contribution in [1.29, 1.82) is 0 Å². The number of nitrogens with zero attached hydrogens (tertiary/aromatic N) is 1. The van der Waals surface area contributed by atoms with Crippen molar-refractivity contribution in [3.05, 3.63) is 69.0 Å². The third-order valence-electron chi connectivity index (χ3n) is 3.00. The number of nitro benzene ring substituents is 1. The van der Waals surface area contributed by atoms with Gasteiger partial charge in [0.2, 0.25) is 0 Å². The zero-order valence-corrected chi connectivity index (χ0v) is 11.5. The van der Waals surface area contributed by atoms with E-state index >= 15 is 0 Å². The fourth-order valence-corrected chi connectivity index (χ4v) is 1.86. The van der Waals surface area contributed by atoms with Crippen molar-refractivity contribution in [3.8, 4) is 0 Å². The number of hydrogen-bond acceptors (Lipinski definition) is 3. The number of rotatable bonds is 3. The van der Waals surface area contributed by atoms with E-state index in [1.54, 1.807) is 24.3 Å². The molecule has 1 amide bonds. The molecule has 0 bridgehead atoms. The van der Waals surface area contributed by atoms with E-state index in [0.717, 1.165) is 17.7 Å². The number of non-ortho nitro benzene ring substituents is 1. The lowest BCUT2D eigenvalue weighted by Gasteiger charge is -2.08. The fraction of sp³-hybridized carbons (Fsp3) is 0.133. The highest BCUT2D eigenvalue weighted by Gasteiger charge is 2.19. The second-order valence-electron chi connectivity index (χ2n) is 4.70. The van der Waals surface area contributed by atoms with Gasteiger partial charge < -0.3 is 5.32 Å². The average molecular weight is 288 g/mol. The van der Waals surface area contributed by atoms with Gasteiger partial charge in [-0.3, -0.25) is 14.9 Å². The molecular weight excluding hydrogens is 275 g/mol. The van der Waals surface area contributed by atoms with Crippen LogP contribution in [0.25, 0.3) is 0 Å². The molecule has 6 heteroatoms. The molecule has 0 aromatic heterocycles. The Morgan fingerprint density at radius 1 is 1.19 bits per heavy atom. The summed E-state index contributed by atoms with van der Waals surface area (Å²) in [5.41, 5.74) is 0.906. The Kier molecular flexibility index (Phi) is 3.98. The monoisotopic (exact) mass is 288 g/mol. The predicted octanol–water partition coefficient (Wildman–Crippen LogP) is 3.60. The van der Waals surface area contributed by atoms with Gasteiger partial charge in [-0.1, -0.05) is 17.7 Å². The maximum atomic E-state index is 14.0. The molecule has 2 rings (SSSR count). The molecule has 0 saturated carbocycles. The normalized spacial score (nSPS) is 10.2. The van der Waals surface area contributed by atoms with Gasteiger partial charge in [-0.05, 0) is 31.5 Å². The quantitative estimate of drug-likeness (QED) is 0.692.